The molecule has 3 aromatic rings. The Balaban J connectivity index is 2.22. The van der Waals surface area contributed by atoms with Crippen LogP contribution in [0.4, 0.5) is 32.0 Å². The van der Waals surface area contributed by atoms with Crippen LogP contribution in [0.5, 0.6) is 0 Å². The molecule has 13 heteroatoms. The number of amides is 1. The number of carbonyl (C=O) groups is 1. The summed E-state index contributed by atoms with van der Waals surface area (Å²) < 4.78 is 98.5. The van der Waals surface area contributed by atoms with Crippen molar-refractivity contribution in [3.63, 3.8) is 0 Å². The van der Waals surface area contributed by atoms with Gasteiger partial charge in [0.1, 0.15) is 0 Å². The van der Waals surface area contributed by atoms with Crippen molar-refractivity contribution < 1.29 is 40.3 Å². The number of pyridine rings is 1. The first-order valence-corrected chi connectivity index (χ1v) is 14.6. The summed E-state index contributed by atoms with van der Waals surface area (Å²) in [7, 11) is 0. The highest BCUT2D eigenvalue weighted by atomic mass is 19.4. The fourth-order valence-electron chi connectivity index (χ4n) is 4.74. The van der Waals surface area contributed by atoms with Crippen LogP contribution in [0.1, 0.15) is 76.1 Å². The van der Waals surface area contributed by atoms with Crippen LogP contribution in [0, 0.1) is 11.3 Å². The van der Waals surface area contributed by atoms with Crippen LogP contribution in [0.25, 0.3) is 11.6 Å². The van der Waals surface area contributed by atoms with Crippen molar-refractivity contribution in [1.29, 1.82) is 0 Å². The second kappa shape index (κ2) is 14.6. The molecule has 0 saturated heterocycles. The molecule has 1 aromatic carbocycles. The number of benzene rings is 1. The summed E-state index contributed by atoms with van der Waals surface area (Å²) in [5.74, 6) is -2.55. The Bertz CT molecular complexity index is 1500. The molecular weight excluding hydrogens is 614 g/mol. The van der Waals surface area contributed by atoms with E-state index in [1.165, 1.54) is 6.08 Å². The van der Waals surface area contributed by atoms with Crippen molar-refractivity contribution in [2.75, 3.05) is 5.32 Å². The van der Waals surface area contributed by atoms with Crippen LogP contribution in [-0.4, -0.2) is 27.3 Å². The topological polar surface area (TPSA) is 90.1 Å². The standard InChI is InChI=1S/C33H38F6N4O3/c1-7-9-16-31(33(37,38)39,45-20-22-14-11-10-12-15-22)29-43-42-28(46-29)27-25(40-26(44)19-30(4,5)6)18-23(32(34,35)36)24(41-27)17-21(3)13-8-2/h7-8,10-12,14-15,18,21H,1-2,9,13,16-17,19-20H2,3-6H3,(H,40,44)/t21?,31-/m1/s1. The van der Waals surface area contributed by atoms with Gasteiger partial charge in [-0.1, -0.05) is 70.2 Å². The largest absolute Gasteiger partial charge is 0.426 e. The van der Waals surface area contributed by atoms with Crippen LogP contribution in [0.2, 0.25) is 0 Å². The van der Waals surface area contributed by atoms with E-state index in [0.717, 1.165) is 0 Å². The van der Waals surface area contributed by atoms with Crippen molar-refractivity contribution in [2.24, 2.45) is 11.3 Å². The number of hydrogen-bond acceptors (Lipinski definition) is 6. The van der Waals surface area contributed by atoms with Gasteiger partial charge >= 0.3 is 12.4 Å². The summed E-state index contributed by atoms with van der Waals surface area (Å²) in [5, 5.41) is 9.90. The molecule has 0 radical (unpaired) electrons. The molecule has 1 N–H and O–H groups in total. The Hall–Kier alpha value is -4.00. The molecule has 0 aliphatic heterocycles. The molecule has 1 unspecified atom stereocenters. The van der Waals surface area contributed by atoms with Gasteiger partial charge in [-0.05, 0) is 48.6 Å². The van der Waals surface area contributed by atoms with Crippen LogP contribution in [-0.2, 0) is 34.3 Å². The number of halogens is 6. The lowest BCUT2D eigenvalue weighted by molar-refractivity contribution is -0.299. The number of nitrogens with one attached hydrogen (secondary N) is 1. The van der Waals surface area contributed by atoms with Crippen LogP contribution >= 0.6 is 0 Å². The number of hydrogen-bond donors (Lipinski definition) is 1. The number of rotatable bonds is 14. The van der Waals surface area contributed by atoms with Crippen molar-refractivity contribution in [1.82, 2.24) is 15.2 Å². The van der Waals surface area contributed by atoms with E-state index in [-0.39, 0.29) is 25.2 Å². The van der Waals surface area contributed by atoms with Crippen molar-refractivity contribution in [2.45, 2.75) is 84.4 Å². The van der Waals surface area contributed by atoms with Gasteiger partial charge < -0.3 is 14.5 Å². The Morgan fingerprint density at radius 3 is 2.28 bits per heavy atom. The van der Waals surface area contributed by atoms with Gasteiger partial charge in [-0.25, -0.2) is 4.98 Å². The molecule has 0 fully saturated rings. The molecule has 0 aliphatic carbocycles. The summed E-state index contributed by atoms with van der Waals surface area (Å²) in [6, 6.07) is 8.85. The van der Waals surface area contributed by atoms with E-state index < -0.39 is 76.7 Å². The maximum Gasteiger partial charge on any atom is 0.426 e. The average molecular weight is 653 g/mol. The van der Waals surface area contributed by atoms with E-state index >= 15 is 0 Å². The highest BCUT2D eigenvalue weighted by molar-refractivity contribution is 5.94. The van der Waals surface area contributed by atoms with Gasteiger partial charge in [0.2, 0.25) is 11.5 Å². The maximum atomic E-state index is 14.9. The fraction of sp³-hybridized carbons (Fsp3) is 0.455. The monoisotopic (exact) mass is 652 g/mol. The Kier molecular flexibility index (Phi) is 11.6. The third kappa shape index (κ3) is 9.27. The second-order valence-electron chi connectivity index (χ2n) is 12.3. The van der Waals surface area contributed by atoms with E-state index in [4.69, 9.17) is 9.15 Å². The molecule has 0 aliphatic rings. The summed E-state index contributed by atoms with van der Waals surface area (Å²) in [5.41, 5.74) is -5.54. The molecule has 2 atom stereocenters. The molecule has 0 spiro atoms. The van der Waals surface area contributed by atoms with E-state index in [0.29, 0.717) is 18.1 Å². The smallest absolute Gasteiger partial charge is 0.416 e. The van der Waals surface area contributed by atoms with Gasteiger partial charge in [-0.3, -0.25) is 4.79 Å². The van der Waals surface area contributed by atoms with E-state index in [1.807, 2.05) is 0 Å². The van der Waals surface area contributed by atoms with Gasteiger partial charge in [-0.2, -0.15) is 26.3 Å². The highest BCUT2D eigenvalue weighted by Gasteiger charge is 2.61. The highest BCUT2D eigenvalue weighted by Crippen LogP contribution is 2.47. The first-order chi connectivity index (χ1) is 21.4. The normalized spacial score (nSPS) is 14.4. The number of nitrogens with zero attached hydrogens (tertiary/aromatic N) is 3. The zero-order valence-electron chi connectivity index (χ0n) is 26.2. The molecule has 2 aromatic heterocycles. The Morgan fingerprint density at radius 1 is 1.04 bits per heavy atom. The van der Waals surface area contributed by atoms with Crippen molar-refractivity contribution >= 4 is 11.6 Å². The molecule has 0 saturated carbocycles. The minimum absolute atomic E-state index is 0.0763. The molecular formula is C33H38F6N4O3. The lowest BCUT2D eigenvalue weighted by Gasteiger charge is -2.32. The summed E-state index contributed by atoms with van der Waals surface area (Å²) in [4.78, 5) is 17.1. The van der Waals surface area contributed by atoms with E-state index in [9.17, 15) is 31.1 Å². The van der Waals surface area contributed by atoms with Crippen molar-refractivity contribution in [3.05, 3.63) is 84.4 Å². The van der Waals surface area contributed by atoms with Crippen molar-refractivity contribution in [3.8, 4) is 11.6 Å². The first kappa shape index (κ1) is 36.5. The number of carbonyl (C=O) groups excluding carboxylic acids is 1. The zero-order chi connectivity index (χ0) is 34.3. The minimum atomic E-state index is -5.06. The molecule has 7 nitrogen and oxygen atoms in total. The van der Waals surface area contributed by atoms with Crippen LogP contribution in [0.3, 0.4) is 0 Å². The van der Waals surface area contributed by atoms with Gasteiger partial charge in [0, 0.05) is 6.42 Å². The predicted molar refractivity (Wildman–Crippen MR) is 161 cm³/mol. The molecule has 3 rings (SSSR count). The summed E-state index contributed by atoms with van der Waals surface area (Å²) in [6.45, 7) is 13.7. The van der Waals surface area contributed by atoms with Crippen LogP contribution in [0.15, 0.2) is 66.1 Å². The SMILES string of the molecule is C=CCC[C@@](OCc1ccccc1)(c1nnc(-c2nc(CC(C)CC=C)c(C(F)(F)F)cc2NC(=O)CC(C)(C)C)o1)C(F)(F)F. The second-order valence-corrected chi connectivity index (χ2v) is 12.3. The fourth-order valence-corrected chi connectivity index (χ4v) is 4.74. The minimum Gasteiger partial charge on any atom is -0.416 e. The number of ether oxygens (including phenoxy) is 1. The third-order valence-corrected chi connectivity index (χ3v) is 6.94. The molecule has 2 heterocycles. The van der Waals surface area contributed by atoms with Crippen LogP contribution < -0.4 is 5.32 Å². The first-order valence-electron chi connectivity index (χ1n) is 14.6. The zero-order valence-corrected chi connectivity index (χ0v) is 26.2. The lowest BCUT2D eigenvalue weighted by atomic mass is 9.92. The molecule has 250 valence electrons. The Labute approximate surface area is 264 Å². The van der Waals surface area contributed by atoms with Gasteiger partial charge in [0.05, 0.1) is 23.6 Å². The predicted octanol–water partition coefficient (Wildman–Crippen LogP) is 9.22. The van der Waals surface area contributed by atoms with E-state index in [1.54, 1.807) is 64.1 Å². The molecule has 0 bridgehead atoms. The van der Waals surface area contributed by atoms with Gasteiger partial charge in [-0.15, -0.1) is 23.4 Å². The summed E-state index contributed by atoms with van der Waals surface area (Å²) >= 11 is 0. The quantitative estimate of drug-likeness (QED) is 0.138. The molecule has 46 heavy (non-hydrogen) atoms. The number of allylic oxidation sites excluding steroid dienone is 2. The number of aromatic nitrogens is 3. The summed E-state index contributed by atoms with van der Waals surface area (Å²) in [6.07, 6.45) is -7.76. The Morgan fingerprint density at radius 2 is 1.72 bits per heavy atom. The number of alkyl halides is 6. The average Bonchev–Trinajstić information content (AvgIpc) is 3.42. The maximum absolute atomic E-state index is 14.9. The lowest BCUT2D eigenvalue weighted by Crippen LogP contribution is -2.45. The van der Waals surface area contributed by atoms with Gasteiger partial charge in [0.15, 0.2) is 5.69 Å². The third-order valence-electron chi connectivity index (χ3n) is 6.94. The van der Waals surface area contributed by atoms with Gasteiger partial charge in [0.25, 0.3) is 11.8 Å². The van der Waals surface area contributed by atoms with E-state index in [2.05, 4.69) is 33.7 Å². The molecule has 1 amide bonds. The number of anilines is 1.